The minimum absolute atomic E-state index is 0.0192. The molecule has 30 heavy (non-hydrogen) atoms. The van der Waals surface area contributed by atoms with E-state index in [2.05, 4.69) is 28.4 Å². The van der Waals surface area contributed by atoms with Crippen molar-refractivity contribution in [2.24, 2.45) is 0 Å². The number of nitrogens with one attached hydrogen (secondary N) is 1. The maximum atomic E-state index is 12.4. The van der Waals surface area contributed by atoms with Gasteiger partial charge in [0, 0.05) is 37.1 Å². The number of ketones is 1. The van der Waals surface area contributed by atoms with E-state index in [1.807, 2.05) is 36.4 Å². The number of rotatable bonds is 6. The van der Waals surface area contributed by atoms with Gasteiger partial charge in [0.25, 0.3) is 5.91 Å². The van der Waals surface area contributed by atoms with Gasteiger partial charge in [-0.3, -0.25) is 14.5 Å². The molecule has 4 rings (SSSR count). The number of hydrogen-bond acceptors (Lipinski definition) is 5. The lowest BCUT2D eigenvalue weighted by atomic mass is 10.1. The molecule has 154 valence electrons. The summed E-state index contributed by atoms with van der Waals surface area (Å²) in [5, 5.41) is 4.70. The number of carbonyl (C=O) groups excluding carboxylic acids is 2. The second kappa shape index (κ2) is 9.24. The average molecular weight is 421 g/mol. The van der Waals surface area contributed by atoms with Crippen LogP contribution in [-0.4, -0.2) is 36.2 Å². The van der Waals surface area contributed by atoms with Crippen LogP contribution in [0, 0.1) is 0 Å². The number of Topliss-reactive ketones (excluding diaryl/α,β-unsaturated/α-hetero) is 1. The molecule has 1 atom stereocenters. The van der Waals surface area contributed by atoms with Gasteiger partial charge in [0.2, 0.25) is 0 Å². The molecule has 0 bridgehead atoms. The van der Waals surface area contributed by atoms with Crippen LogP contribution in [0.4, 0.5) is 0 Å². The number of hydrogen-bond donors (Lipinski definition) is 1. The summed E-state index contributed by atoms with van der Waals surface area (Å²) in [6.45, 7) is 4.24. The van der Waals surface area contributed by atoms with E-state index in [4.69, 9.17) is 4.74 Å². The van der Waals surface area contributed by atoms with Gasteiger partial charge in [-0.2, -0.15) is 0 Å². The Kier molecular flexibility index (Phi) is 6.26. The molecule has 2 aromatic carbocycles. The van der Waals surface area contributed by atoms with E-state index in [1.54, 1.807) is 11.4 Å². The average Bonchev–Trinajstić information content (AvgIpc) is 3.18. The van der Waals surface area contributed by atoms with Gasteiger partial charge in [0.05, 0.1) is 10.4 Å². The first kappa shape index (κ1) is 20.3. The van der Waals surface area contributed by atoms with E-state index in [-0.39, 0.29) is 17.8 Å². The summed E-state index contributed by atoms with van der Waals surface area (Å²) < 4.78 is 6.34. The zero-order valence-electron chi connectivity index (χ0n) is 16.8. The first-order valence-electron chi connectivity index (χ1n) is 9.99. The fourth-order valence-electron chi connectivity index (χ4n) is 3.56. The normalized spacial score (nSPS) is 16.2. The third-order valence-electron chi connectivity index (χ3n) is 5.15. The van der Waals surface area contributed by atoms with E-state index >= 15 is 0 Å². The minimum Gasteiger partial charge on any atom is -0.484 e. The highest BCUT2D eigenvalue weighted by Crippen LogP contribution is 2.30. The Morgan fingerprint density at radius 3 is 2.67 bits per heavy atom. The molecule has 3 aromatic rings. The largest absolute Gasteiger partial charge is 0.484 e. The van der Waals surface area contributed by atoms with Gasteiger partial charge in [-0.05, 0) is 24.6 Å². The lowest BCUT2D eigenvalue weighted by Crippen LogP contribution is -2.36. The number of amides is 1. The molecule has 1 aliphatic heterocycles. The van der Waals surface area contributed by atoms with Crippen LogP contribution in [0.2, 0.25) is 0 Å². The molecule has 0 spiro atoms. The van der Waals surface area contributed by atoms with Crippen molar-refractivity contribution in [3.8, 4) is 5.75 Å². The summed E-state index contributed by atoms with van der Waals surface area (Å²) in [6, 6.07) is 20.0. The zero-order valence-corrected chi connectivity index (χ0v) is 17.7. The van der Waals surface area contributed by atoms with Crippen LogP contribution in [0.1, 0.15) is 44.2 Å². The smallest absolute Gasteiger partial charge is 0.252 e. The van der Waals surface area contributed by atoms with Crippen LogP contribution in [0.25, 0.3) is 0 Å². The zero-order chi connectivity index (χ0) is 20.9. The SMILES string of the molecule is CC(=O)c1cc(C(=O)NCCN2Cc3ccccc3O[C@H](c3ccccc3)C2)cs1. The molecule has 1 aliphatic rings. The van der Waals surface area contributed by atoms with Gasteiger partial charge < -0.3 is 10.1 Å². The lowest BCUT2D eigenvalue weighted by molar-refractivity contribution is 0.0943. The van der Waals surface area contributed by atoms with Gasteiger partial charge in [-0.1, -0.05) is 48.5 Å². The van der Waals surface area contributed by atoms with E-state index < -0.39 is 0 Å². The summed E-state index contributed by atoms with van der Waals surface area (Å²) in [5.74, 6) is 0.743. The Morgan fingerprint density at radius 2 is 1.90 bits per heavy atom. The number of benzene rings is 2. The molecule has 1 aromatic heterocycles. The summed E-state index contributed by atoms with van der Waals surface area (Å²) in [4.78, 5) is 26.8. The van der Waals surface area contributed by atoms with Crippen molar-refractivity contribution in [1.82, 2.24) is 10.2 Å². The third-order valence-corrected chi connectivity index (χ3v) is 6.18. The molecule has 0 radical (unpaired) electrons. The minimum atomic E-state index is -0.148. The molecule has 2 heterocycles. The van der Waals surface area contributed by atoms with E-state index in [9.17, 15) is 9.59 Å². The highest BCUT2D eigenvalue weighted by molar-refractivity contribution is 7.12. The molecule has 0 saturated heterocycles. The van der Waals surface area contributed by atoms with Crippen LogP contribution >= 0.6 is 11.3 Å². The molecular weight excluding hydrogens is 396 g/mol. The van der Waals surface area contributed by atoms with Crippen molar-refractivity contribution in [2.45, 2.75) is 19.6 Å². The quantitative estimate of drug-likeness (QED) is 0.604. The monoisotopic (exact) mass is 420 g/mol. The Morgan fingerprint density at radius 1 is 1.13 bits per heavy atom. The number of carbonyl (C=O) groups is 2. The van der Waals surface area contributed by atoms with Crippen molar-refractivity contribution in [2.75, 3.05) is 19.6 Å². The van der Waals surface area contributed by atoms with Crippen molar-refractivity contribution < 1.29 is 14.3 Å². The van der Waals surface area contributed by atoms with Crippen LogP contribution in [0.3, 0.4) is 0 Å². The Hall–Kier alpha value is -2.96. The fourth-order valence-corrected chi connectivity index (χ4v) is 4.35. The number of thiophene rings is 1. The molecule has 0 fully saturated rings. The van der Waals surface area contributed by atoms with Crippen molar-refractivity contribution in [3.05, 3.63) is 87.6 Å². The highest BCUT2D eigenvalue weighted by Gasteiger charge is 2.24. The standard InChI is InChI=1S/C24H24N2O3S/c1-17(27)23-13-20(16-30-23)24(28)25-11-12-26-14-19-9-5-6-10-21(19)29-22(15-26)18-7-3-2-4-8-18/h2-10,13,16,22H,11-12,14-15H2,1H3,(H,25,28)/t22-/m0/s1. The highest BCUT2D eigenvalue weighted by atomic mass is 32.1. The van der Waals surface area contributed by atoms with Gasteiger partial charge in [-0.25, -0.2) is 0 Å². The predicted molar refractivity (Wildman–Crippen MR) is 118 cm³/mol. The van der Waals surface area contributed by atoms with Gasteiger partial charge in [0.1, 0.15) is 11.9 Å². The predicted octanol–water partition coefficient (Wildman–Crippen LogP) is 4.32. The van der Waals surface area contributed by atoms with Crippen molar-refractivity contribution in [1.29, 1.82) is 0 Å². The summed E-state index contributed by atoms with van der Waals surface area (Å²) in [6.07, 6.45) is -0.0689. The molecule has 6 heteroatoms. The lowest BCUT2D eigenvalue weighted by Gasteiger charge is -2.24. The Balaban J connectivity index is 1.42. The molecular formula is C24H24N2O3S. The molecule has 5 nitrogen and oxygen atoms in total. The third kappa shape index (κ3) is 4.78. The van der Waals surface area contributed by atoms with E-state index in [0.717, 1.165) is 30.0 Å². The first-order valence-corrected chi connectivity index (χ1v) is 10.9. The number of nitrogens with zero attached hydrogens (tertiary/aromatic N) is 1. The molecule has 1 N–H and O–H groups in total. The summed E-state index contributed by atoms with van der Waals surface area (Å²) in [7, 11) is 0. The van der Waals surface area contributed by atoms with Crippen molar-refractivity contribution >= 4 is 23.0 Å². The fraction of sp³-hybridized carbons (Fsp3) is 0.250. The topological polar surface area (TPSA) is 58.6 Å². The van der Waals surface area contributed by atoms with Crippen molar-refractivity contribution in [3.63, 3.8) is 0 Å². The van der Waals surface area contributed by atoms with Crippen LogP contribution in [0.15, 0.2) is 66.0 Å². The van der Waals surface area contributed by atoms with Crippen LogP contribution < -0.4 is 10.1 Å². The first-order chi connectivity index (χ1) is 14.6. The van der Waals surface area contributed by atoms with Gasteiger partial charge in [0.15, 0.2) is 5.78 Å². The Labute approximate surface area is 180 Å². The maximum absolute atomic E-state index is 12.4. The molecule has 1 amide bonds. The van der Waals surface area contributed by atoms with Gasteiger partial charge >= 0.3 is 0 Å². The molecule has 0 saturated carbocycles. The summed E-state index contributed by atoms with van der Waals surface area (Å²) in [5.41, 5.74) is 2.82. The number of para-hydroxylation sites is 1. The second-order valence-electron chi connectivity index (χ2n) is 7.37. The van der Waals surface area contributed by atoms with Crippen LogP contribution in [-0.2, 0) is 6.54 Å². The Bertz CT molecular complexity index is 1030. The summed E-state index contributed by atoms with van der Waals surface area (Å²) >= 11 is 1.30. The van der Waals surface area contributed by atoms with E-state index in [0.29, 0.717) is 23.5 Å². The van der Waals surface area contributed by atoms with Crippen LogP contribution in [0.5, 0.6) is 5.75 Å². The molecule has 0 aliphatic carbocycles. The maximum Gasteiger partial charge on any atom is 0.252 e. The number of ether oxygens (including phenoxy) is 1. The number of fused-ring (bicyclic) bond motifs is 1. The van der Waals surface area contributed by atoms with E-state index in [1.165, 1.54) is 18.3 Å². The molecule has 0 unspecified atom stereocenters. The second-order valence-corrected chi connectivity index (χ2v) is 8.28. The van der Waals surface area contributed by atoms with Gasteiger partial charge in [-0.15, -0.1) is 11.3 Å².